The first-order valence-corrected chi connectivity index (χ1v) is 4.40. The van der Waals surface area contributed by atoms with Gasteiger partial charge < -0.3 is 9.64 Å². The first kappa shape index (κ1) is 8.56. The van der Waals surface area contributed by atoms with E-state index in [0.29, 0.717) is 17.9 Å². The summed E-state index contributed by atoms with van der Waals surface area (Å²) < 4.78 is 4.84. The van der Waals surface area contributed by atoms with Gasteiger partial charge >= 0.3 is 5.97 Å². The fourth-order valence-corrected chi connectivity index (χ4v) is 1.68. The van der Waals surface area contributed by atoms with Crippen molar-refractivity contribution in [2.45, 2.75) is 18.9 Å². The van der Waals surface area contributed by atoms with Crippen molar-refractivity contribution in [2.75, 3.05) is 6.61 Å². The van der Waals surface area contributed by atoms with E-state index < -0.39 is 6.04 Å². The zero-order chi connectivity index (χ0) is 9.42. The van der Waals surface area contributed by atoms with E-state index in [0.717, 1.165) is 0 Å². The van der Waals surface area contributed by atoms with Gasteiger partial charge in [0.2, 0.25) is 5.91 Å². The molecule has 2 aliphatic rings. The van der Waals surface area contributed by atoms with Crippen LogP contribution in [0.15, 0.2) is 11.2 Å². The van der Waals surface area contributed by atoms with Crippen molar-refractivity contribution >= 4 is 23.5 Å². The van der Waals surface area contributed by atoms with Crippen LogP contribution < -0.4 is 0 Å². The highest BCUT2D eigenvalue weighted by atomic mass is 35.5. The Hall–Kier alpha value is -1.03. The molecule has 0 aromatic heterocycles. The van der Waals surface area contributed by atoms with Gasteiger partial charge in [-0.05, 0) is 6.42 Å². The minimum absolute atomic E-state index is 0.0676. The Morgan fingerprint density at radius 1 is 1.54 bits per heavy atom. The minimum atomic E-state index is -0.455. The third kappa shape index (κ3) is 1.42. The number of amides is 1. The van der Waals surface area contributed by atoms with Gasteiger partial charge in [0, 0.05) is 12.6 Å². The van der Waals surface area contributed by atoms with E-state index in [4.69, 9.17) is 16.3 Å². The average Bonchev–Trinajstić information content (AvgIpc) is 2.37. The number of carbonyl (C=O) groups excluding carboxylic acids is 2. The normalized spacial score (nSPS) is 27.9. The molecule has 4 nitrogen and oxygen atoms in total. The van der Waals surface area contributed by atoms with Crippen molar-refractivity contribution in [1.29, 1.82) is 0 Å². The quantitative estimate of drug-likeness (QED) is 0.540. The predicted molar refractivity (Wildman–Crippen MR) is 44.8 cm³/mol. The number of carbonyl (C=O) groups is 2. The van der Waals surface area contributed by atoms with Crippen LogP contribution in [0.4, 0.5) is 0 Å². The molecule has 1 saturated heterocycles. The molecule has 1 fully saturated rings. The van der Waals surface area contributed by atoms with Gasteiger partial charge in [0.1, 0.15) is 12.6 Å². The summed E-state index contributed by atoms with van der Waals surface area (Å²) in [5, 5.41) is 0.381. The molecule has 2 aliphatic heterocycles. The Labute approximate surface area is 80.1 Å². The van der Waals surface area contributed by atoms with E-state index >= 15 is 0 Å². The van der Waals surface area contributed by atoms with Crippen LogP contribution in [0, 0.1) is 0 Å². The molecular formula is C8H8ClNO3. The molecule has 0 N–H and O–H groups in total. The number of hydrogen-bond acceptors (Lipinski definition) is 3. The zero-order valence-electron chi connectivity index (χ0n) is 6.83. The molecule has 1 atom stereocenters. The fraction of sp³-hybridized carbons (Fsp3) is 0.500. The molecule has 5 heteroatoms. The van der Waals surface area contributed by atoms with Crippen molar-refractivity contribution in [1.82, 2.24) is 4.90 Å². The molecule has 2 rings (SSSR count). The van der Waals surface area contributed by atoms with E-state index in [-0.39, 0.29) is 18.5 Å². The van der Waals surface area contributed by atoms with Gasteiger partial charge in [-0.25, -0.2) is 4.79 Å². The van der Waals surface area contributed by atoms with E-state index in [1.165, 1.54) is 11.1 Å². The maximum absolute atomic E-state index is 11.3. The van der Waals surface area contributed by atoms with Gasteiger partial charge in [-0.15, -0.1) is 0 Å². The van der Waals surface area contributed by atoms with Gasteiger partial charge in [0.15, 0.2) is 0 Å². The number of hydrogen-bond donors (Lipinski definition) is 0. The van der Waals surface area contributed by atoms with Crippen LogP contribution in [-0.4, -0.2) is 29.4 Å². The van der Waals surface area contributed by atoms with Crippen LogP contribution in [0.3, 0.4) is 0 Å². The van der Waals surface area contributed by atoms with Crippen LogP contribution in [-0.2, 0) is 14.3 Å². The number of rotatable bonds is 0. The molecular weight excluding hydrogens is 194 g/mol. The Bertz CT molecular complexity index is 300. The molecule has 0 aromatic carbocycles. The summed E-state index contributed by atoms with van der Waals surface area (Å²) in [4.78, 5) is 23.9. The lowest BCUT2D eigenvalue weighted by molar-refractivity contribution is -0.148. The van der Waals surface area contributed by atoms with Crippen molar-refractivity contribution in [2.24, 2.45) is 0 Å². The second-order valence-electron chi connectivity index (χ2n) is 3.04. The van der Waals surface area contributed by atoms with E-state index in [1.807, 2.05) is 0 Å². The Kier molecular flexibility index (Phi) is 2.00. The summed E-state index contributed by atoms with van der Waals surface area (Å²) in [6.07, 6.45) is 2.41. The summed E-state index contributed by atoms with van der Waals surface area (Å²) in [5.41, 5.74) is 0. The lowest BCUT2D eigenvalue weighted by Gasteiger charge is -2.15. The maximum Gasteiger partial charge on any atom is 0.329 e. The summed E-state index contributed by atoms with van der Waals surface area (Å²) in [6.45, 7) is 0.0701. The number of cyclic esters (lactones) is 1. The standard InChI is InChI=1S/C8H8ClNO3/c9-5-3-10-6(1-2-7(10)11)8(12)13-4-5/h3,6H,1-2,4H2. The molecule has 1 amide bonds. The monoisotopic (exact) mass is 201 g/mol. The SMILES string of the molecule is O=C1OCC(Cl)=CN2C(=O)CCC12. The van der Waals surface area contributed by atoms with E-state index in [1.54, 1.807) is 0 Å². The molecule has 13 heavy (non-hydrogen) atoms. The molecule has 0 aromatic rings. The number of halogens is 1. The minimum Gasteiger partial charge on any atom is -0.458 e. The molecule has 0 saturated carbocycles. The molecule has 0 spiro atoms. The van der Waals surface area contributed by atoms with Crippen molar-refractivity contribution in [3.05, 3.63) is 11.2 Å². The fourth-order valence-electron chi connectivity index (χ4n) is 1.52. The highest BCUT2D eigenvalue weighted by Crippen LogP contribution is 2.24. The van der Waals surface area contributed by atoms with Crippen molar-refractivity contribution < 1.29 is 14.3 Å². The van der Waals surface area contributed by atoms with Crippen LogP contribution >= 0.6 is 11.6 Å². The number of fused-ring (bicyclic) bond motifs is 1. The smallest absolute Gasteiger partial charge is 0.329 e. The second-order valence-corrected chi connectivity index (χ2v) is 3.52. The number of esters is 1. The van der Waals surface area contributed by atoms with Gasteiger partial charge in [0.05, 0.1) is 5.03 Å². The first-order valence-electron chi connectivity index (χ1n) is 4.02. The van der Waals surface area contributed by atoms with Crippen LogP contribution in [0.1, 0.15) is 12.8 Å². The molecule has 2 heterocycles. The molecule has 70 valence electrons. The molecule has 0 bridgehead atoms. The lowest BCUT2D eigenvalue weighted by atomic mass is 10.2. The van der Waals surface area contributed by atoms with Gasteiger partial charge in [-0.3, -0.25) is 4.79 Å². The van der Waals surface area contributed by atoms with Crippen molar-refractivity contribution in [3.63, 3.8) is 0 Å². The summed E-state index contributed by atoms with van der Waals surface area (Å²) in [7, 11) is 0. The predicted octanol–water partition coefficient (Wildman–Crippen LogP) is 0.614. The van der Waals surface area contributed by atoms with Crippen LogP contribution in [0.5, 0.6) is 0 Å². The molecule has 0 radical (unpaired) electrons. The maximum atomic E-state index is 11.3. The van der Waals surface area contributed by atoms with Crippen LogP contribution in [0.25, 0.3) is 0 Å². The van der Waals surface area contributed by atoms with E-state index in [2.05, 4.69) is 0 Å². The largest absolute Gasteiger partial charge is 0.458 e. The highest BCUT2D eigenvalue weighted by molar-refractivity contribution is 6.30. The number of ether oxygens (including phenoxy) is 1. The highest BCUT2D eigenvalue weighted by Gasteiger charge is 2.37. The third-order valence-electron chi connectivity index (χ3n) is 2.16. The number of nitrogens with zero attached hydrogens (tertiary/aromatic N) is 1. The third-order valence-corrected chi connectivity index (χ3v) is 2.37. The Balaban J connectivity index is 2.31. The summed E-state index contributed by atoms with van der Waals surface area (Å²) in [5.74, 6) is -0.431. The molecule has 1 unspecified atom stereocenters. The summed E-state index contributed by atoms with van der Waals surface area (Å²) in [6, 6.07) is -0.455. The topological polar surface area (TPSA) is 46.6 Å². The second kappa shape index (κ2) is 3.03. The Morgan fingerprint density at radius 2 is 2.31 bits per heavy atom. The van der Waals surface area contributed by atoms with Gasteiger partial charge in [-0.2, -0.15) is 0 Å². The molecule has 0 aliphatic carbocycles. The van der Waals surface area contributed by atoms with E-state index in [9.17, 15) is 9.59 Å². The van der Waals surface area contributed by atoms with Gasteiger partial charge in [0.25, 0.3) is 0 Å². The summed E-state index contributed by atoms with van der Waals surface area (Å²) >= 11 is 5.71. The zero-order valence-corrected chi connectivity index (χ0v) is 7.58. The van der Waals surface area contributed by atoms with Crippen molar-refractivity contribution in [3.8, 4) is 0 Å². The van der Waals surface area contributed by atoms with Gasteiger partial charge in [-0.1, -0.05) is 11.6 Å². The van der Waals surface area contributed by atoms with Crippen LogP contribution in [0.2, 0.25) is 0 Å². The first-order chi connectivity index (χ1) is 6.18. The Morgan fingerprint density at radius 3 is 3.08 bits per heavy atom. The average molecular weight is 202 g/mol. The lowest BCUT2D eigenvalue weighted by Crippen LogP contribution is -2.34.